The summed E-state index contributed by atoms with van der Waals surface area (Å²) in [7, 11) is -6.99. The summed E-state index contributed by atoms with van der Waals surface area (Å²) in [5.41, 5.74) is 2.54. The highest BCUT2D eigenvalue weighted by atomic mass is 32.2. The molecule has 1 heterocycles. The molecule has 33 heavy (non-hydrogen) atoms. The number of carbonyl (C=O) groups is 1. The van der Waals surface area contributed by atoms with Gasteiger partial charge in [0, 0.05) is 38.3 Å². The first-order valence-corrected chi connectivity index (χ1v) is 14.2. The number of benzene rings is 2. The highest BCUT2D eigenvalue weighted by Crippen LogP contribution is 2.21. The second-order valence-corrected chi connectivity index (χ2v) is 11.9. The largest absolute Gasteiger partial charge is 0.352 e. The summed E-state index contributed by atoms with van der Waals surface area (Å²) in [6, 6.07) is 13.6. The van der Waals surface area contributed by atoms with Gasteiger partial charge in [-0.3, -0.25) is 4.79 Å². The molecule has 0 saturated carbocycles. The Labute approximate surface area is 196 Å². The fourth-order valence-corrected chi connectivity index (χ4v) is 6.82. The third kappa shape index (κ3) is 6.00. The highest BCUT2D eigenvalue weighted by Gasteiger charge is 2.26. The molecule has 1 N–H and O–H groups in total. The van der Waals surface area contributed by atoms with Gasteiger partial charge in [0.05, 0.1) is 10.6 Å². The van der Waals surface area contributed by atoms with Crippen molar-refractivity contribution in [3.05, 3.63) is 65.2 Å². The fraction of sp³-hybridized carbons (Fsp3) is 0.435. The van der Waals surface area contributed by atoms with Crippen LogP contribution in [0.3, 0.4) is 0 Å². The Balaban J connectivity index is 1.50. The molecule has 1 aliphatic rings. The lowest BCUT2D eigenvalue weighted by atomic mass is 10.0. The van der Waals surface area contributed by atoms with Crippen molar-refractivity contribution >= 4 is 26.0 Å². The van der Waals surface area contributed by atoms with E-state index in [1.807, 2.05) is 24.3 Å². The van der Waals surface area contributed by atoms with Crippen LogP contribution in [0.5, 0.6) is 0 Å². The zero-order valence-corrected chi connectivity index (χ0v) is 20.7. The van der Waals surface area contributed by atoms with Crippen LogP contribution in [0.4, 0.5) is 0 Å². The van der Waals surface area contributed by atoms with Gasteiger partial charge in [-0.15, -0.1) is 0 Å². The van der Waals surface area contributed by atoms with E-state index in [-0.39, 0.29) is 23.1 Å². The molecule has 0 aliphatic carbocycles. The van der Waals surface area contributed by atoms with E-state index in [1.54, 1.807) is 13.8 Å². The molecule has 0 radical (unpaired) electrons. The Kier molecular flexibility index (Phi) is 8.28. The maximum atomic E-state index is 12.7. The van der Waals surface area contributed by atoms with E-state index in [0.29, 0.717) is 44.6 Å². The molecule has 1 amide bonds. The molecular formula is C23H31N3O5S2. The monoisotopic (exact) mass is 493 g/mol. The predicted octanol–water partition coefficient (Wildman–Crippen LogP) is 2.23. The second-order valence-electron chi connectivity index (χ2n) is 7.89. The number of hydrogen-bond acceptors (Lipinski definition) is 5. The zero-order valence-electron chi connectivity index (χ0n) is 19.0. The van der Waals surface area contributed by atoms with Crippen LogP contribution in [0.25, 0.3) is 0 Å². The quantitative estimate of drug-likeness (QED) is 0.511. The molecule has 0 unspecified atom stereocenters. The fourth-order valence-electron chi connectivity index (χ4n) is 3.89. The van der Waals surface area contributed by atoms with Gasteiger partial charge in [0.1, 0.15) is 0 Å². The Morgan fingerprint density at radius 3 is 2.24 bits per heavy atom. The summed E-state index contributed by atoms with van der Waals surface area (Å²) in [6.45, 7) is 5.34. The van der Waals surface area contributed by atoms with E-state index >= 15 is 0 Å². The van der Waals surface area contributed by atoms with E-state index in [0.717, 1.165) is 5.56 Å². The van der Waals surface area contributed by atoms with Crippen LogP contribution in [0, 0.1) is 0 Å². The number of amides is 1. The van der Waals surface area contributed by atoms with Gasteiger partial charge in [0.15, 0.2) is 0 Å². The van der Waals surface area contributed by atoms with Crippen LogP contribution in [-0.4, -0.2) is 63.3 Å². The molecule has 0 bridgehead atoms. The van der Waals surface area contributed by atoms with Gasteiger partial charge in [-0.25, -0.2) is 16.8 Å². The molecule has 10 heteroatoms. The molecule has 0 saturated heterocycles. The second kappa shape index (κ2) is 10.8. The standard InChI is InChI=1S/C23H31N3O5S2/c1-3-25(4-2)33(30,31)22-12-10-20(11-13-22)23(27)24-15-7-17-32(28,29)26-16-14-19-8-5-6-9-21(19)18-26/h5-6,8-13H,3-4,7,14-18H2,1-2H3,(H,24,27). The topological polar surface area (TPSA) is 104 Å². The molecule has 3 rings (SSSR count). The van der Waals surface area contributed by atoms with Crippen LogP contribution in [0.1, 0.15) is 41.8 Å². The van der Waals surface area contributed by atoms with E-state index in [1.165, 1.54) is 38.4 Å². The third-order valence-electron chi connectivity index (χ3n) is 5.81. The first kappa shape index (κ1) is 25.4. The minimum atomic E-state index is -3.58. The van der Waals surface area contributed by atoms with Crippen molar-refractivity contribution in [3.8, 4) is 0 Å². The Bertz CT molecular complexity index is 1170. The molecule has 0 aromatic heterocycles. The number of nitrogens with one attached hydrogen (secondary N) is 1. The number of carbonyl (C=O) groups excluding carboxylic acids is 1. The first-order valence-electron chi connectivity index (χ1n) is 11.1. The van der Waals surface area contributed by atoms with Gasteiger partial charge < -0.3 is 5.32 Å². The number of rotatable bonds is 10. The molecule has 2 aromatic rings. The molecule has 2 aromatic carbocycles. The van der Waals surface area contributed by atoms with Crippen molar-refractivity contribution in [3.63, 3.8) is 0 Å². The van der Waals surface area contributed by atoms with Crippen molar-refractivity contribution in [1.29, 1.82) is 0 Å². The summed E-state index contributed by atoms with van der Waals surface area (Å²) in [6.07, 6.45) is 0.993. The van der Waals surface area contributed by atoms with Crippen molar-refractivity contribution in [2.45, 2.75) is 38.1 Å². The average molecular weight is 494 g/mol. The molecule has 1 aliphatic heterocycles. The lowest BCUT2D eigenvalue weighted by molar-refractivity contribution is 0.0953. The summed E-state index contributed by atoms with van der Waals surface area (Å²) >= 11 is 0. The van der Waals surface area contributed by atoms with Gasteiger partial charge in [0.2, 0.25) is 20.0 Å². The summed E-state index contributed by atoms with van der Waals surface area (Å²) < 4.78 is 53.3. The lowest BCUT2D eigenvalue weighted by Gasteiger charge is -2.28. The molecule has 0 atom stereocenters. The number of hydrogen-bond donors (Lipinski definition) is 1. The van der Waals surface area contributed by atoms with Crippen LogP contribution in [0.2, 0.25) is 0 Å². The van der Waals surface area contributed by atoms with Gasteiger partial charge in [0.25, 0.3) is 5.91 Å². The number of sulfonamides is 2. The molecule has 180 valence electrons. The molecule has 0 fully saturated rings. The SMILES string of the molecule is CCN(CC)S(=O)(=O)c1ccc(C(=O)NCCCS(=O)(=O)N2CCc3ccccc3C2)cc1. The minimum Gasteiger partial charge on any atom is -0.352 e. The van der Waals surface area contributed by atoms with Crippen molar-refractivity contribution in [1.82, 2.24) is 13.9 Å². The Morgan fingerprint density at radius 1 is 0.970 bits per heavy atom. The van der Waals surface area contributed by atoms with E-state index in [2.05, 4.69) is 5.32 Å². The van der Waals surface area contributed by atoms with Crippen LogP contribution < -0.4 is 5.32 Å². The van der Waals surface area contributed by atoms with E-state index in [4.69, 9.17) is 0 Å². The third-order valence-corrected chi connectivity index (χ3v) is 9.78. The normalized spacial score (nSPS) is 14.8. The van der Waals surface area contributed by atoms with Crippen LogP contribution >= 0.6 is 0 Å². The van der Waals surface area contributed by atoms with E-state index < -0.39 is 20.0 Å². The van der Waals surface area contributed by atoms with Gasteiger partial charge >= 0.3 is 0 Å². The highest BCUT2D eigenvalue weighted by molar-refractivity contribution is 7.89. The van der Waals surface area contributed by atoms with Crippen LogP contribution in [-0.2, 0) is 33.0 Å². The average Bonchev–Trinajstić information content (AvgIpc) is 2.82. The Hall–Kier alpha value is -2.27. The Morgan fingerprint density at radius 2 is 1.61 bits per heavy atom. The summed E-state index contributed by atoms with van der Waals surface area (Å²) in [4.78, 5) is 12.5. The maximum absolute atomic E-state index is 12.7. The first-order chi connectivity index (χ1) is 15.7. The smallest absolute Gasteiger partial charge is 0.251 e. The van der Waals surface area contributed by atoms with Gasteiger partial charge in [-0.1, -0.05) is 38.1 Å². The number of nitrogens with zero attached hydrogens (tertiary/aromatic N) is 2. The van der Waals surface area contributed by atoms with Crippen molar-refractivity contribution < 1.29 is 21.6 Å². The van der Waals surface area contributed by atoms with Crippen molar-refractivity contribution in [2.24, 2.45) is 0 Å². The molecule has 0 spiro atoms. The zero-order chi connectivity index (χ0) is 24.1. The maximum Gasteiger partial charge on any atom is 0.251 e. The number of fused-ring (bicyclic) bond motifs is 1. The van der Waals surface area contributed by atoms with Gasteiger partial charge in [-0.05, 0) is 48.2 Å². The minimum absolute atomic E-state index is 0.0451. The summed E-state index contributed by atoms with van der Waals surface area (Å²) in [5, 5.41) is 2.71. The predicted molar refractivity (Wildman–Crippen MR) is 128 cm³/mol. The molecular weight excluding hydrogens is 462 g/mol. The van der Waals surface area contributed by atoms with Gasteiger partial charge in [-0.2, -0.15) is 8.61 Å². The molecule has 8 nitrogen and oxygen atoms in total. The lowest BCUT2D eigenvalue weighted by Crippen LogP contribution is -2.38. The van der Waals surface area contributed by atoms with E-state index in [9.17, 15) is 21.6 Å². The van der Waals surface area contributed by atoms with Crippen molar-refractivity contribution in [2.75, 3.05) is 31.9 Å². The summed E-state index contributed by atoms with van der Waals surface area (Å²) in [5.74, 6) is -0.415. The van der Waals surface area contributed by atoms with Crippen LogP contribution in [0.15, 0.2) is 53.4 Å².